The predicted molar refractivity (Wildman–Crippen MR) is 222 cm³/mol. The first-order chi connectivity index (χ1) is 26.9. The fourth-order valence-corrected chi connectivity index (χ4v) is 6.90. The average Bonchev–Trinajstić information content (AvgIpc) is 3.18. The Balaban J connectivity index is 1.56. The Bertz CT molecular complexity index is 1920. The molecule has 6 atom stereocenters. The lowest BCUT2D eigenvalue weighted by molar-refractivity contribution is -0.307. The lowest BCUT2D eigenvalue weighted by Crippen LogP contribution is -2.63. The maximum Gasteiger partial charge on any atom is 0.338 e. The Kier molecular flexibility index (Phi) is 16.7. The zero-order valence-corrected chi connectivity index (χ0v) is 36.9. The number of hydrogen-bond acceptors (Lipinski definition) is 10. The molecule has 10 nitrogen and oxygen atoms in total. The van der Waals surface area contributed by atoms with Crippen molar-refractivity contribution in [1.29, 1.82) is 0 Å². The fraction of sp³-hybridized carbons (Fsp3) is 0.333. The molecule has 1 aliphatic heterocycles. The van der Waals surface area contributed by atoms with E-state index in [9.17, 15) is 19.2 Å². The quantitative estimate of drug-likeness (QED) is 0.0609. The van der Waals surface area contributed by atoms with Crippen LogP contribution in [0.2, 0.25) is 0 Å². The van der Waals surface area contributed by atoms with E-state index in [0.717, 1.165) is 43.6 Å². The van der Waals surface area contributed by atoms with Crippen molar-refractivity contribution < 1.29 is 47.6 Å². The number of ether oxygens (including phenoxy) is 6. The van der Waals surface area contributed by atoms with E-state index in [1.807, 2.05) is 6.92 Å². The Hall–Kier alpha value is -3.40. The first-order valence-electron chi connectivity index (χ1n) is 18.0. The van der Waals surface area contributed by atoms with Crippen molar-refractivity contribution in [2.24, 2.45) is 0 Å². The molecule has 0 aliphatic carbocycles. The van der Waals surface area contributed by atoms with Gasteiger partial charge in [-0.1, -0.05) is 96.3 Å². The molecule has 1 aliphatic rings. The lowest BCUT2D eigenvalue weighted by Gasteiger charge is -2.45. The second kappa shape index (κ2) is 21.4. The summed E-state index contributed by atoms with van der Waals surface area (Å²) in [6, 6.07) is 26.0. The molecule has 0 spiro atoms. The van der Waals surface area contributed by atoms with Crippen LogP contribution >= 0.6 is 63.7 Å². The van der Waals surface area contributed by atoms with Crippen LogP contribution in [0.1, 0.15) is 87.4 Å². The number of carbonyl (C=O) groups excluding carboxylic acids is 4. The van der Waals surface area contributed by atoms with Gasteiger partial charge in [0.05, 0.1) is 28.4 Å². The molecule has 14 heteroatoms. The van der Waals surface area contributed by atoms with Crippen molar-refractivity contribution in [2.45, 2.75) is 82.8 Å². The Morgan fingerprint density at radius 2 is 0.946 bits per heavy atom. The van der Waals surface area contributed by atoms with Crippen molar-refractivity contribution in [3.63, 3.8) is 0 Å². The third-order valence-corrected chi connectivity index (χ3v) is 11.0. The van der Waals surface area contributed by atoms with Crippen molar-refractivity contribution in [3.8, 4) is 0 Å². The molecule has 1 saturated heterocycles. The van der Waals surface area contributed by atoms with Gasteiger partial charge in [0.25, 0.3) is 0 Å². The van der Waals surface area contributed by atoms with Gasteiger partial charge in [0.1, 0.15) is 12.7 Å². The molecule has 0 amide bonds. The van der Waals surface area contributed by atoms with Crippen LogP contribution in [0.4, 0.5) is 0 Å². The molecule has 1 heterocycles. The predicted octanol–water partition coefficient (Wildman–Crippen LogP) is 10.7. The first-order valence-corrected chi connectivity index (χ1v) is 21.2. The van der Waals surface area contributed by atoms with Crippen molar-refractivity contribution in [1.82, 2.24) is 0 Å². The minimum Gasteiger partial charge on any atom is -0.459 e. The number of rotatable bonds is 16. The van der Waals surface area contributed by atoms with Crippen LogP contribution in [-0.4, -0.2) is 67.3 Å². The smallest absolute Gasteiger partial charge is 0.338 e. The second-order valence-corrected chi connectivity index (χ2v) is 16.7. The topological polar surface area (TPSA) is 124 Å². The summed E-state index contributed by atoms with van der Waals surface area (Å²) in [5.74, 6) is -3.02. The van der Waals surface area contributed by atoms with Gasteiger partial charge in [-0.3, -0.25) is 0 Å². The summed E-state index contributed by atoms with van der Waals surface area (Å²) < 4.78 is 40.1. The van der Waals surface area contributed by atoms with Gasteiger partial charge in [0.15, 0.2) is 24.6 Å². The van der Waals surface area contributed by atoms with Crippen LogP contribution in [0, 0.1) is 0 Å². The van der Waals surface area contributed by atoms with Crippen molar-refractivity contribution in [3.05, 3.63) is 137 Å². The van der Waals surface area contributed by atoms with Gasteiger partial charge in [0.2, 0.25) is 0 Å². The van der Waals surface area contributed by atoms with Gasteiger partial charge in [-0.15, -0.1) is 0 Å². The van der Waals surface area contributed by atoms with Gasteiger partial charge in [-0.25, -0.2) is 19.2 Å². The normalized spacial score (nSPS) is 19.7. The number of esters is 4. The molecule has 1 fully saturated rings. The Morgan fingerprint density at radius 3 is 1.38 bits per heavy atom. The summed E-state index contributed by atoms with van der Waals surface area (Å²) in [5, 5.41) is 0. The maximum absolute atomic E-state index is 13.9. The standard InChI is InChI=1S/C42H40Br4O10/c1-3-4-5-6-7-25(2)52-42-37(56-41(50)29-14-22-33(46)23-15-29)36(55-40(49)28-12-20-32(45)21-13-28)35(54-39(48)27-10-18-31(44)19-11-27)34(53-42)24-51-38(47)26-8-16-30(43)17-9-26/h8-23,25,34-37,42H,3-7,24H2,1-2H3/t25-,34-,35-,36+,37-,42-/m0/s1. The maximum atomic E-state index is 13.9. The van der Waals surface area contributed by atoms with E-state index in [-0.39, 0.29) is 22.3 Å². The van der Waals surface area contributed by atoms with Crippen molar-refractivity contribution in [2.75, 3.05) is 6.61 Å². The minimum atomic E-state index is -1.51. The van der Waals surface area contributed by atoms with Crippen LogP contribution in [0.5, 0.6) is 0 Å². The van der Waals surface area contributed by atoms with Crippen molar-refractivity contribution >= 4 is 87.6 Å². The summed E-state index contributed by atoms with van der Waals surface area (Å²) in [4.78, 5) is 54.8. The van der Waals surface area contributed by atoms with E-state index >= 15 is 0 Å². The molecule has 0 unspecified atom stereocenters. The SMILES string of the molecule is CCCCCC[C@H](C)O[C@H]1O[C@@H](COC(=O)c2ccc(Br)cc2)[C@H](OC(=O)c2ccc(Br)cc2)[C@@H](OC(=O)c2ccc(Br)cc2)[C@@H]1OC(=O)c1ccc(Br)cc1. The molecule has 0 N–H and O–H groups in total. The highest BCUT2D eigenvalue weighted by atomic mass is 79.9. The van der Waals surface area contributed by atoms with E-state index in [1.165, 1.54) is 0 Å². The second-order valence-electron chi connectivity index (χ2n) is 13.1. The number of halogens is 4. The Morgan fingerprint density at radius 1 is 0.554 bits per heavy atom. The molecular weight excluding hydrogens is 984 g/mol. The molecule has 5 rings (SSSR count). The third-order valence-electron chi connectivity index (χ3n) is 8.85. The van der Waals surface area contributed by atoms with Gasteiger partial charge in [-0.2, -0.15) is 0 Å². The zero-order chi connectivity index (χ0) is 40.2. The fourth-order valence-electron chi connectivity index (χ4n) is 5.84. The molecule has 0 saturated carbocycles. The van der Waals surface area contributed by atoms with Gasteiger partial charge < -0.3 is 28.4 Å². The van der Waals surface area contributed by atoms with Crippen LogP contribution in [0.25, 0.3) is 0 Å². The van der Waals surface area contributed by atoms with Crippen LogP contribution in [0.3, 0.4) is 0 Å². The molecule has 0 bridgehead atoms. The van der Waals surface area contributed by atoms with Gasteiger partial charge in [-0.05, 0) is 110 Å². The molecule has 4 aromatic carbocycles. The van der Waals surface area contributed by atoms with Crippen LogP contribution in [-0.2, 0) is 28.4 Å². The third kappa shape index (κ3) is 12.5. The van der Waals surface area contributed by atoms with E-state index in [1.54, 1.807) is 97.1 Å². The molecule has 0 aromatic heterocycles. The minimum absolute atomic E-state index is 0.177. The van der Waals surface area contributed by atoms with E-state index in [0.29, 0.717) is 6.42 Å². The highest BCUT2D eigenvalue weighted by molar-refractivity contribution is 9.11. The monoisotopic (exact) mass is 1020 g/mol. The molecule has 296 valence electrons. The van der Waals surface area contributed by atoms with E-state index < -0.39 is 67.3 Å². The van der Waals surface area contributed by atoms with Gasteiger partial charge in [0, 0.05) is 17.9 Å². The Labute approximate surface area is 359 Å². The average molecular weight is 1020 g/mol. The summed E-state index contributed by atoms with van der Waals surface area (Å²) in [6.45, 7) is 3.55. The highest BCUT2D eigenvalue weighted by Crippen LogP contribution is 2.33. The van der Waals surface area contributed by atoms with Crippen LogP contribution in [0.15, 0.2) is 115 Å². The molecule has 0 radical (unpaired) electrons. The first kappa shape index (κ1) is 43.7. The number of hydrogen-bond donors (Lipinski definition) is 0. The summed E-state index contributed by atoms with van der Waals surface area (Å²) in [7, 11) is 0. The molecule has 56 heavy (non-hydrogen) atoms. The van der Waals surface area contributed by atoms with Gasteiger partial charge >= 0.3 is 23.9 Å². The number of unbranched alkanes of at least 4 members (excludes halogenated alkanes) is 3. The summed E-state index contributed by atoms with van der Waals surface area (Å²) in [5.41, 5.74) is 0.821. The number of benzene rings is 4. The van der Waals surface area contributed by atoms with E-state index in [4.69, 9.17) is 28.4 Å². The van der Waals surface area contributed by atoms with E-state index in [2.05, 4.69) is 70.6 Å². The summed E-state index contributed by atoms with van der Waals surface area (Å²) >= 11 is 13.5. The highest BCUT2D eigenvalue weighted by Gasteiger charge is 2.54. The zero-order valence-electron chi connectivity index (χ0n) is 30.5. The number of carbonyl (C=O) groups is 4. The van der Waals surface area contributed by atoms with Crippen LogP contribution < -0.4 is 0 Å². The molecular formula is C42H40Br4O10. The molecule has 4 aromatic rings. The largest absolute Gasteiger partial charge is 0.459 e. The summed E-state index contributed by atoms with van der Waals surface area (Å²) in [6.07, 6.45) is -2.80. The lowest BCUT2D eigenvalue weighted by atomic mass is 9.97.